The number of carbonyl (C=O) groups is 1. The molecule has 0 unspecified atom stereocenters. The van der Waals surface area contributed by atoms with E-state index in [1.807, 2.05) is 31.2 Å². The number of nitrogens with one attached hydrogen (secondary N) is 1. The van der Waals surface area contributed by atoms with Crippen molar-refractivity contribution in [1.29, 1.82) is 0 Å². The van der Waals surface area contributed by atoms with Crippen molar-refractivity contribution in [3.8, 4) is 5.75 Å². The largest absolute Gasteiger partial charge is 0.494 e. The van der Waals surface area contributed by atoms with Gasteiger partial charge in [-0.2, -0.15) is 0 Å². The summed E-state index contributed by atoms with van der Waals surface area (Å²) in [5, 5.41) is 3.34. The van der Waals surface area contributed by atoms with Crippen LogP contribution in [0.25, 0.3) is 0 Å². The average molecular weight is 438 g/mol. The van der Waals surface area contributed by atoms with Gasteiger partial charge in [0.1, 0.15) is 5.75 Å². The second-order valence-electron chi connectivity index (χ2n) is 7.03. The standard InChI is InChI=1S/C22H28ClNO4S/c1-3-4-13-28-21-10-8-19(9-11-21)17(2)24-22(25)12-14-29(26,27)16-18-6-5-7-20(23)15-18/h5-11,15,17H,3-4,12-14,16H2,1-2H3,(H,24,25)/t17-/m0/s1. The monoisotopic (exact) mass is 437 g/mol. The molecule has 0 aliphatic carbocycles. The SMILES string of the molecule is CCCCOc1ccc([C@H](C)NC(=O)CCS(=O)(=O)Cc2cccc(Cl)c2)cc1. The van der Waals surface area contributed by atoms with Crippen LogP contribution in [-0.4, -0.2) is 26.7 Å². The Kier molecular flexibility index (Phi) is 8.99. The molecule has 0 aromatic heterocycles. The smallest absolute Gasteiger partial charge is 0.221 e. The van der Waals surface area contributed by atoms with E-state index in [1.165, 1.54) is 0 Å². The van der Waals surface area contributed by atoms with Gasteiger partial charge in [-0.3, -0.25) is 4.79 Å². The van der Waals surface area contributed by atoms with Gasteiger partial charge in [0.05, 0.1) is 24.2 Å². The number of amides is 1. The number of ether oxygens (including phenoxy) is 1. The van der Waals surface area contributed by atoms with Gasteiger partial charge < -0.3 is 10.1 Å². The van der Waals surface area contributed by atoms with E-state index in [1.54, 1.807) is 24.3 Å². The highest BCUT2D eigenvalue weighted by atomic mass is 35.5. The van der Waals surface area contributed by atoms with Crippen LogP contribution in [0.2, 0.25) is 5.02 Å². The van der Waals surface area contributed by atoms with E-state index < -0.39 is 9.84 Å². The topological polar surface area (TPSA) is 72.5 Å². The van der Waals surface area contributed by atoms with Gasteiger partial charge >= 0.3 is 0 Å². The summed E-state index contributed by atoms with van der Waals surface area (Å²) in [6.07, 6.45) is 2.01. The lowest BCUT2D eigenvalue weighted by Gasteiger charge is -2.15. The molecule has 0 radical (unpaired) electrons. The minimum Gasteiger partial charge on any atom is -0.494 e. The van der Waals surface area contributed by atoms with E-state index in [0.717, 1.165) is 24.2 Å². The van der Waals surface area contributed by atoms with Crippen LogP contribution in [0.4, 0.5) is 0 Å². The molecule has 0 fully saturated rings. The quantitative estimate of drug-likeness (QED) is 0.517. The van der Waals surface area contributed by atoms with E-state index in [-0.39, 0.29) is 29.9 Å². The number of sulfone groups is 1. The second-order valence-corrected chi connectivity index (χ2v) is 9.65. The first-order chi connectivity index (χ1) is 13.8. The second kappa shape index (κ2) is 11.2. The third-order valence-corrected chi connectivity index (χ3v) is 6.27. The third kappa shape index (κ3) is 8.46. The molecule has 0 saturated carbocycles. The first-order valence-electron chi connectivity index (χ1n) is 9.76. The van der Waals surface area contributed by atoms with Gasteiger partial charge in [-0.05, 0) is 48.7 Å². The fourth-order valence-electron chi connectivity index (χ4n) is 2.79. The van der Waals surface area contributed by atoms with Crippen molar-refractivity contribution in [2.45, 2.75) is 44.9 Å². The van der Waals surface area contributed by atoms with Crippen LogP contribution in [0.5, 0.6) is 5.75 Å². The summed E-state index contributed by atoms with van der Waals surface area (Å²) in [7, 11) is -3.40. The highest BCUT2D eigenvalue weighted by Crippen LogP contribution is 2.18. The Labute approximate surface area is 178 Å². The lowest BCUT2D eigenvalue weighted by Crippen LogP contribution is -2.28. The molecule has 0 bridgehead atoms. The molecular formula is C22H28ClNO4S. The summed E-state index contributed by atoms with van der Waals surface area (Å²) in [4.78, 5) is 12.2. The van der Waals surface area contributed by atoms with Gasteiger partial charge in [0.25, 0.3) is 0 Å². The van der Waals surface area contributed by atoms with Crippen molar-refractivity contribution < 1.29 is 17.9 Å². The molecule has 0 saturated heterocycles. The number of benzene rings is 2. The first-order valence-corrected chi connectivity index (χ1v) is 12.0. The number of rotatable bonds is 11. The van der Waals surface area contributed by atoms with Crippen molar-refractivity contribution in [2.75, 3.05) is 12.4 Å². The highest BCUT2D eigenvalue weighted by molar-refractivity contribution is 7.90. The zero-order chi connectivity index (χ0) is 21.3. The Bertz CT molecular complexity index is 897. The molecule has 0 aliphatic heterocycles. The van der Waals surface area contributed by atoms with Gasteiger partial charge in [-0.25, -0.2) is 8.42 Å². The fourth-order valence-corrected chi connectivity index (χ4v) is 4.33. The van der Waals surface area contributed by atoms with Crippen LogP contribution in [0.3, 0.4) is 0 Å². The van der Waals surface area contributed by atoms with Crippen LogP contribution >= 0.6 is 11.6 Å². The molecule has 1 N–H and O–H groups in total. The lowest BCUT2D eigenvalue weighted by molar-refractivity contribution is -0.121. The van der Waals surface area contributed by atoms with E-state index in [4.69, 9.17) is 16.3 Å². The molecule has 0 aliphatic rings. The Hall–Kier alpha value is -2.05. The van der Waals surface area contributed by atoms with Crippen molar-refractivity contribution in [1.82, 2.24) is 5.32 Å². The van der Waals surface area contributed by atoms with Crippen LogP contribution in [0, 0.1) is 0 Å². The fraction of sp³-hybridized carbons (Fsp3) is 0.409. The van der Waals surface area contributed by atoms with Crippen LogP contribution in [0.15, 0.2) is 48.5 Å². The maximum Gasteiger partial charge on any atom is 0.221 e. The van der Waals surface area contributed by atoms with Gasteiger partial charge in [0.2, 0.25) is 5.91 Å². The van der Waals surface area contributed by atoms with Crippen LogP contribution in [-0.2, 0) is 20.4 Å². The van der Waals surface area contributed by atoms with Gasteiger partial charge in [0.15, 0.2) is 9.84 Å². The van der Waals surface area contributed by atoms with Crippen molar-refractivity contribution in [3.05, 3.63) is 64.7 Å². The average Bonchev–Trinajstić information content (AvgIpc) is 2.67. The first kappa shape index (κ1) is 23.2. The summed E-state index contributed by atoms with van der Waals surface area (Å²) in [5.41, 5.74) is 1.55. The summed E-state index contributed by atoms with van der Waals surface area (Å²) >= 11 is 5.89. The normalized spacial score (nSPS) is 12.4. The molecule has 5 nitrogen and oxygen atoms in total. The summed E-state index contributed by atoms with van der Waals surface area (Å²) in [6.45, 7) is 4.66. The number of hydrogen-bond acceptors (Lipinski definition) is 4. The van der Waals surface area contributed by atoms with Crippen LogP contribution < -0.4 is 10.1 Å². The Morgan fingerprint density at radius 3 is 2.55 bits per heavy atom. The molecule has 0 spiro atoms. The van der Waals surface area contributed by atoms with Gasteiger partial charge in [0, 0.05) is 11.4 Å². The number of carbonyl (C=O) groups excluding carboxylic acids is 1. The Balaban J connectivity index is 1.81. The molecule has 2 rings (SSSR count). The predicted molar refractivity (Wildman–Crippen MR) is 117 cm³/mol. The summed E-state index contributed by atoms with van der Waals surface area (Å²) in [6, 6.07) is 14.1. The molecule has 2 aromatic rings. The highest BCUT2D eigenvalue weighted by Gasteiger charge is 2.16. The van der Waals surface area contributed by atoms with E-state index in [9.17, 15) is 13.2 Å². The zero-order valence-electron chi connectivity index (χ0n) is 16.9. The minimum atomic E-state index is -3.40. The van der Waals surface area contributed by atoms with Gasteiger partial charge in [-0.1, -0.05) is 49.2 Å². The maximum atomic E-state index is 12.3. The van der Waals surface area contributed by atoms with Gasteiger partial charge in [-0.15, -0.1) is 0 Å². The number of halogens is 1. The summed E-state index contributed by atoms with van der Waals surface area (Å²) < 4.78 is 30.2. The van der Waals surface area contributed by atoms with E-state index in [2.05, 4.69) is 12.2 Å². The van der Waals surface area contributed by atoms with Crippen molar-refractivity contribution in [3.63, 3.8) is 0 Å². The van der Waals surface area contributed by atoms with Crippen molar-refractivity contribution >= 4 is 27.3 Å². The predicted octanol–water partition coefficient (Wildman–Crippen LogP) is 4.70. The third-order valence-electron chi connectivity index (χ3n) is 4.44. The molecule has 2 aromatic carbocycles. The Morgan fingerprint density at radius 1 is 1.17 bits per heavy atom. The summed E-state index contributed by atoms with van der Waals surface area (Å²) in [5.74, 6) is 0.168. The zero-order valence-corrected chi connectivity index (χ0v) is 18.4. The molecule has 1 amide bonds. The molecule has 0 heterocycles. The molecule has 158 valence electrons. The van der Waals surface area contributed by atoms with Crippen molar-refractivity contribution in [2.24, 2.45) is 0 Å². The van der Waals surface area contributed by atoms with Crippen LogP contribution in [0.1, 0.15) is 50.3 Å². The number of hydrogen-bond donors (Lipinski definition) is 1. The molecular weight excluding hydrogens is 410 g/mol. The molecule has 7 heteroatoms. The minimum absolute atomic E-state index is 0.0779. The number of unbranched alkanes of at least 4 members (excludes halogenated alkanes) is 1. The maximum absolute atomic E-state index is 12.3. The Morgan fingerprint density at radius 2 is 1.90 bits per heavy atom. The van der Waals surface area contributed by atoms with E-state index >= 15 is 0 Å². The lowest BCUT2D eigenvalue weighted by atomic mass is 10.1. The molecule has 29 heavy (non-hydrogen) atoms. The molecule has 1 atom stereocenters. The van der Waals surface area contributed by atoms with E-state index in [0.29, 0.717) is 17.2 Å².